The van der Waals surface area contributed by atoms with Crippen molar-refractivity contribution in [3.05, 3.63) is 53.8 Å². The number of imidazole rings is 2. The van der Waals surface area contributed by atoms with Crippen LogP contribution < -0.4 is 11.0 Å². The van der Waals surface area contributed by atoms with E-state index in [0.717, 1.165) is 17.3 Å². The first kappa shape index (κ1) is 17.3. The summed E-state index contributed by atoms with van der Waals surface area (Å²) < 4.78 is 3.48. The molecular formula is C16H15N8O2S-. The van der Waals surface area contributed by atoms with Gasteiger partial charge in [-0.05, 0) is 17.3 Å². The minimum absolute atomic E-state index is 0.0894. The van der Waals surface area contributed by atoms with Crippen molar-refractivity contribution >= 4 is 34.7 Å². The molecule has 4 rings (SSSR count). The van der Waals surface area contributed by atoms with Crippen LogP contribution in [-0.4, -0.2) is 34.3 Å². The first-order valence-corrected chi connectivity index (χ1v) is 8.72. The molecule has 3 aromatic heterocycles. The molecule has 0 radical (unpaired) electrons. The topological polar surface area (TPSA) is 134 Å². The van der Waals surface area contributed by atoms with Gasteiger partial charge in [-0.15, -0.1) is 0 Å². The molecule has 11 heteroatoms. The highest BCUT2D eigenvalue weighted by Gasteiger charge is 2.18. The molecule has 0 fully saturated rings. The lowest BCUT2D eigenvalue weighted by Crippen LogP contribution is -2.09. The van der Waals surface area contributed by atoms with Crippen LogP contribution >= 0.6 is 11.8 Å². The van der Waals surface area contributed by atoms with E-state index < -0.39 is 0 Å². The standard InChI is InChI=1S/C16H15N8O2S/c1-22-8-19-13(24(25)26)15(22)27-14-11-12(20-16(17)21-14)23(9-18-11)7-10-5-3-2-4-6-10/h2-6,8-9,25H,7H2,1H3,(H2,17,20,21)/q-1. The Morgan fingerprint density at radius 3 is 2.70 bits per heavy atom. The number of rotatable bonds is 5. The molecular weight excluding hydrogens is 368 g/mol. The Hall–Kier alpha value is -3.15. The van der Waals surface area contributed by atoms with Crippen molar-refractivity contribution in [2.24, 2.45) is 7.05 Å². The molecule has 138 valence electrons. The summed E-state index contributed by atoms with van der Waals surface area (Å²) in [7, 11) is 1.71. The lowest BCUT2D eigenvalue weighted by molar-refractivity contribution is 0.291. The minimum atomic E-state index is -0.280. The Morgan fingerprint density at radius 1 is 1.19 bits per heavy atom. The molecule has 0 spiro atoms. The fraction of sp³-hybridized carbons (Fsp3) is 0.125. The third-order valence-electron chi connectivity index (χ3n) is 3.88. The van der Waals surface area contributed by atoms with E-state index in [-0.39, 0.29) is 17.0 Å². The molecule has 0 bridgehead atoms. The Kier molecular flexibility index (Phi) is 4.39. The van der Waals surface area contributed by atoms with Gasteiger partial charge >= 0.3 is 0 Å². The van der Waals surface area contributed by atoms with Gasteiger partial charge in [0.1, 0.15) is 15.6 Å². The van der Waals surface area contributed by atoms with E-state index in [1.165, 1.54) is 6.33 Å². The second-order valence-electron chi connectivity index (χ2n) is 5.78. The van der Waals surface area contributed by atoms with Gasteiger partial charge in [0.15, 0.2) is 11.5 Å². The highest BCUT2D eigenvalue weighted by atomic mass is 32.2. The summed E-state index contributed by atoms with van der Waals surface area (Å²) in [5.41, 5.74) is 8.12. The van der Waals surface area contributed by atoms with Crippen LogP contribution in [-0.2, 0) is 13.6 Å². The second kappa shape index (κ2) is 6.87. The third-order valence-corrected chi connectivity index (χ3v) is 5.03. The first-order chi connectivity index (χ1) is 13.0. The number of hydrogen-bond donors (Lipinski definition) is 2. The zero-order valence-corrected chi connectivity index (χ0v) is 15.0. The molecule has 0 aliphatic heterocycles. The Morgan fingerprint density at radius 2 is 1.96 bits per heavy atom. The molecule has 0 aliphatic rings. The zero-order chi connectivity index (χ0) is 19.0. The Bertz CT molecular complexity index is 1090. The SMILES string of the molecule is Cn1cnc(N([O-])O)c1Sc1nc(N)nc2c1ncn2Cc1ccccc1. The van der Waals surface area contributed by atoms with E-state index in [1.807, 2.05) is 34.9 Å². The van der Waals surface area contributed by atoms with Gasteiger partial charge in [0.05, 0.1) is 19.2 Å². The second-order valence-corrected chi connectivity index (χ2v) is 6.75. The molecule has 0 atom stereocenters. The molecule has 4 aromatic rings. The Labute approximate surface area is 157 Å². The van der Waals surface area contributed by atoms with Crippen molar-refractivity contribution < 1.29 is 5.21 Å². The summed E-state index contributed by atoms with van der Waals surface area (Å²) >= 11 is 1.13. The highest BCUT2D eigenvalue weighted by Crippen LogP contribution is 2.36. The fourth-order valence-electron chi connectivity index (χ4n) is 2.65. The summed E-state index contributed by atoms with van der Waals surface area (Å²) in [6.45, 7) is 0.583. The van der Waals surface area contributed by atoms with Gasteiger partial charge in [0.2, 0.25) is 5.95 Å². The number of benzene rings is 1. The average Bonchev–Trinajstić information content (AvgIpc) is 3.20. The lowest BCUT2D eigenvalue weighted by atomic mass is 10.2. The van der Waals surface area contributed by atoms with Gasteiger partial charge in [0.25, 0.3) is 0 Å². The van der Waals surface area contributed by atoms with E-state index in [1.54, 1.807) is 17.9 Å². The fourth-order valence-corrected chi connectivity index (χ4v) is 3.62. The normalized spacial score (nSPS) is 11.2. The Balaban J connectivity index is 1.76. The predicted octanol–water partition coefficient (Wildman–Crippen LogP) is 2.03. The van der Waals surface area contributed by atoms with E-state index in [4.69, 9.17) is 5.73 Å². The van der Waals surface area contributed by atoms with Crippen molar-refractivity contribution in [3.63, 3.8) is 0 Å². The number of nitrogens with two attached hydrogens (primary N) is 1. The van der Waals surface area contributed by atoms with E-state index in [0.29, 0.717) is 27.8 Å². The van der Waals surface area contributed by atoms with Crippen LogP contribution in [0.2, 0.25) is 0 Å². The maximum Gasteiger partial charge on any atom is 0.223 e. The predicted molar refractivity (Wildman–Crippen MR) is 100 cm³/mol. The first-order valence-electron chi connectivity index (χ1n) is 7.90. The molecule has 0 saturated heterocycles. The van der Waals surface area contributed by atoms with Crippen LogP contribution in [0.1, 0.15) is 5.56 Å². The van der Waals surface area contributed by atoms with Crippen molar-refractivity contribution in [3.8, 4) is 0 Å². The van der Waals surface area contributed by atoms with Gasteiger partial charge in [-0.2, -0.15) is 4.98 Å². The third kappa shape index (κ3) is 3.30. The molecule has 0 aliphatic carbocycles. The monoisotopic (exact) mass is 383 g/mol. The number of anilines is 2. The summed E-state index contributed by atoms with van der Waals surface area (Å²) in [4.78, 5) is 16.9. The largest absolute Gasteiger partial charge is 0.732 e. The summed E-state index contributed by atoms with van der Waals surface area (Å²) in [5.74, 6) is -0.0388. The van der Waals surface area contributed by atoms with Crippen LogP contribution in [0, 0.1) is 5.21 Å². The molecule has 10 nitrogen and oxygen atoms in total. The number of aromatic nitrogens is 6. The maximum atomic E-state index is 11.3. The summed E-state index contributed by atoms with van der Waals surface area (Å²) in [6.07, 6.45) is 3.10. The van der Waals surface area contributed by atoms with Crippen LogP contribution in [0.15, 0.2) is 53.0 Å². The highest BCUT2D eigenvalue weighted by molar-refractivity contribution is 7.99. The number of aryl methyl sites for hydroxylation is 1. The number of nitrogen functional groups attached to an aromatic ring is 1. The molecule has 0 amide bonds. The molecule has 0 unspecified atom stereocenters. The van der Waals surface area contributed by atoms with Crippen LogP contribution in [0.4, 0.5) is 11.8 Å². The van der Waals surface area contributed by atoms with Crippen molar-refractivity contribution in [1.82, 2.24) is 29.1 Å². The van der Waals surface area contributed by atoms with Crippen molar-refractivity contribution in [2.75, 3.05) is 11.0 Å². The van der Waals surface area contributed by atoms with Gasteiger partial charge < -0.3 is 25.3 Å². The average molecular weight is 383 g/mol. The zero-order valence-electron chi connectivity index (χ0n) is 14.2. The van der Waals surface area contributed by atoms with Crippen LogP contribution in [0.25, 0.3) is 11.2 Å². The van der Waals surface area contributed by atoms with Crippen LogP contribution in [0.3, 0.4) is 0 Å². The van der Waals surface area contributed by atoms with Crippen molar-refractivity contribution in [2.45, 2.75) is 16.6 Å². The molecule has 3 N–H and O–H groups in total. The minimum Gasteiger partial charge on any atom is -0.732 e. The smallest absolute Gasteiger partial charge is 0.223 e. The summed E-state index contributed by atoms with van der Waals surface area (Å²) in [6, 6.07) is 9.91. The number of hydrogen-bond acceptors (Lipinski definition) is 9. The molecule has 3 heterocycles. The number of fused-ring (bicyclic) bond motifs is 1. The number of nitrogens with zero attached hydrogens (tertiary/aromatic N) is 7. The van der Waals surface area contributed by atoms with E-state index >= 15 is 0 Å². The molecule has 27 heavy (non-hydrogen) atoms. The van der Waals surface area contributed by atoms with Crippen LogP contribution in [0.5, 0.6) is 0 Å². The van der Waals surface area contributed by atoms with E-state index in [2.05, 4.69) is 19.9 Å². The molecule has 0 saturated carbocycles. The van der Waals surface area contributed by atoms with Gasteiger partial charge in [-0.1, -0.05) is 30.3 Å². The maximum absolute atomic E-state index is 11.3. The van der Waals surface area contributed by atoms with Crippen molar-refractivity contribution in [1.29, 1.82) is 0 Å². The lowest BCUT2D eigenvalue weighted by Gasteiger charge is -2.20. The van der Waals surface area contributed by atoms with Gasteiger partial charge in [0, 0.05) is 7.05 Å². The van der Waals surface area contributed by atoms with Gasteiger partial charge in [-0.25, -0.2) is 15.0 Å². The van der Waals surface area contributed by atoms with E-state index in [9.17, 15) is 10.4 Å². The van der Waals surface area contributed by atoms with Gasteiger partial charge in [-0.3, -0.25) is 5.21 Å². The summed E-state index contributed by atoms with van der Waals surface area (Å²) in [5, 5.41) is 21.2. The quantitative estimate of drug-likeness (QED) is 0.392. The molecule has 1 aromatic carbocycles.